The second-order valence-electron chi connectivity index (χ2n) is 5.46. The number of nitrogens with two attached hydrogens (primary N) is 1. The van der Waals surface area contributed by atoms with Crippen LogP contribution in [0.4, 0.5) is 0 Å². The Labute approximate surface area is 103 Å². The van der Waals surface area contributed by atoms with Crippen LogP contribution in [0, 0.1) is 5.92 Å². The number of hydrogen-bond acceptors (Lipinski definition) is 4. The summed E-state index contributed by atoms with van der Waals surface area (Å²) in [7, 11) is 0. The van der Waals surface area contributed by atoms with Crippen LogP contribution in [-0.4, -0.2) is 10.1 Å². The van der Waals surface area contributed by atoms with Crippen LogP contribution < -0.4 is 5.73 Å². The van der Waals surface area contributed by atoms with Crippen LogP contribution in [0.5, 0.6) is 0 Å². The lowest BCUT2D eigenvalue weighted by atomic mass is 9.78. The molecule has 2 rings (SSSR count). The number of unbranched alkanes of at least 4 members (excludes halogenated alkanes) is 1. The van der Waals surface area contributed by atoms with Gasteiger partial charge in [0.05, 0.1) is 5.54 Å². The molecule has 0 bridgehead atoms. The number of aromatic nitrogens is 2. The summed E-state index contributed by atoms with van der Waals surface area (Å²) in [6.45, 7) is 4.44. The van der Waals surface area contributed by atoms with E-state index in [0.29, 0.717) is 5.89 Å². The van der Waals surface area contributed by atoms with E-state index in [2.05, 4.69) is 24.0 Å². The summed E-state index contributed by atoms with van der Waals surface area (Å²) in [6.07, 6.45) is 7.38. The zero-order valence-electron chi connectivity index (χ0n) is 10.9. The van der Waals surface area contributed by atoms with Crippen molar-refractivity contribution in [1.82, 2.24) is 10.1 Å². The fourth-order valence-corrected chi connectivity index (χ4v) is 2.38. The Bertz CT molecular complexity index is 353. The standard InChI is InChI=1S/C13H23N3O/c1-3-4-5-11-15-12(17-16-11)13(14)8-6-10(2)7-9-13/h10H,3-9,14H2,1-2H3. The van der Waals surface area contributed by atoms with Crippen molar-refractivity contribution in [1.29, 1.82) is 0 Å². The highest BCUT2D eigenvalue weighted by Crippen LogP contribution is 2.36. The van der Waals surface area contributed by atoms with Gasteiger partial charge in [0.1, 0.15) is 0 Å². The lowest BCUT2D eigenvalue weighted by Gasteiger charge is -2.32. The summed E-state index contributed by atoms with van der Waals surface area (Å²) in [5.74, 6) is 2.23. The van der Waals surface area contributed by atoms with Crippen LogP contribution in [0.3, 0.4) is 0 Å². The van der Waals surface area contributed by atoms with E-state index in [0.717, 1.165) is 56.7 Å². The SMILES string of the molecule is CCCCc1noc(C2(N)CCC(C)CC2)n1. The van der Waals surface area contributed by atoms with Gasteiger partial charge in [-0.25, -0.2) is 0 Å². The summed E-state index contributed by atoms with van der Waals surface area (Å²) in [6, 6.07) is 0. The van der Waals surface area contributed by atoms with Gasteiger partial charge in [0, 0.05) is 6.42 Å². The van der Waals surface area contributed by atoms with E-state index in [1.807, 2.05) is 0 Å². The third kappa shape index (κ3) is 2.86. The summed E-state index contributed by atoms with van der Waals surface area (Å²) in [5.41, 5.74) is 6.02. The fourth-order valence-electron chi connectivity index (χ4n) is 2.38. The third-order valence-corrected chi connectivity index (χ3v) is 3.81. The molecule has 0 aromatic carbocycles. The molecule has 0 unspecified atom stereocenters. The van der Waals surface area contributed by atoms with Gasteiger partial charge in [-0.3, -0.25) is 0 Å². The van der Waals surface area contributed by atoms with Gasteiger partial charge in [-0.05, 0) is 38.0 Å². The van der Waals surface area contributed by atoms with Crippen molar-refractivity contribution in [3.63, 3.8) is 0 Å². The molecular formula is C13H23N3O. The van der Waals surface area contributed by atoms with Gasteiger partial charge in [0.15, 0.2) is 5.82 Å². The molecule has 1 heterocycles. The van der Waals surface area contributed by atoms with Crippen molar-refractivity contribution in [3.8, 4) is 0 Å². The molecule has 96 valence electrons. The second-order valence-corrected chi connectivity index (χ2v) is 5.46. The second kappa shape index (κ2) is 5.17. The van der Waals surface area contributed by atoms with Crippen LogP contribution in [-0.2, 0) is 12.0 Å². The predicted octanol–water partition coefficient (Wildman–Crippen LogP) is 2.78. The third-order valence-electron chi connectivity index (χ3n) is 3.81. The molecule has 0 amide bonds. The maximum absolute atomic E-state index is 6.39. The molecule has 2 N–H and O–H groups in total. The van der Waals surface area contributed by atoms with Crippen LogP contribution in [0.2, 0.25) is 0 Å². The molecule has 0 aliphatic heterocycles. The van der Waals surface area contributed by atoms with Gasteiger partial charge in [-0.2, -0.15) is 4.98 Å². The Hall–Kier alpha value is -0.900. The first-order valence-corrected chi connectivity index (χ1v) is 6.76. The monoisotopic (exact) mass is 237 g/mol. The van der Waals surface area contributed by atoms with E-state index in [4.69, 9.17) is 10.3 Å². The Morgan fingerprint density at radius 1 is 1.41 bits per heavy atom. The number of hydrogen-bond donors (Lipinski definition) is 1. The van der Waals surface area contributed by atoms with Gasteiger partial charge in [-0.15, -0.1) is 0 Å². The topological polar surface area (TPSA) is 64.9 Å². The first-order chi connectivity index (χ1) is 8.14. The molecule has 0 spiro atoms. The normalized spacial score (nSPS) is 29.5. The van der Waals surface area contributed by atoms with Crippen molar-refractivity contribution in [2.75, 3.05) is 0 Å². The Morgan fingerprint density at radius 2 is 2.12 bits per heavy atom. The molecule has 4 nitrogen and oxygen atoms in total. The molecule has 1 aliphatic rings. The van der Waals surface area contributed by atoms with E-state index in [-0.39, 0.29) is 5.54 Å². The quantitative estimate of drug-likeness (QED) is 0.874. The van der Waals surface area contributed by atoms with Crippen molar-refractivity contribution < 1.29 is 4.52 Å². The Morgan fingerprint density at radius 3 is 2.76 bits per heavy atom. The van der Waals surface area contributed by atoms with Crippen molar-refractivity contribution >= 4 is 0 Å². The van der Waals surface area contributed by atoms with Crippen molar-refractivity contribution in [2.24, 2.45) is 11.7 Å². The zero-order valence-corrected chi connectivity index (χ0v) is 10.9. The van der Waals surface area contributed by atoms with Crippen LogP contribution >= 0.6 is 0 Å². The highest BCUT2D eigenvalue weighted by molar-refractivity contribution is 5.04. The molecule has 1 fully saturated rings. The van der Waals surface area contributed by atoms with E-state index in [1.165, 1.54) is 0 Å². The van der Waals surface area contributed by atoms with Gasteiger partial charge >= 0.3 is 0 Å². The molecule has 4 heteroatoms. The lowest BCUT2D eigenvalue weighted by molar-refractivity contribution is 0.190. The minimum absolute atomic E-state index is 0.371. The molecule has 1 saturated carbocycles. The van der Waals surface area contributed by atoms with Crippen LogP contribution in [0.1, 0.15) is 64.1 Å². The van der Waals surface area contributed by atoms with Crippen LogP contribution in [0.15, 0.2) is 4.52 Å². The van der Waals surface area contributed by atoms with Crippen molar-refractivity contribution in [2.45, 2.75) is 64.3 Å². The van der Waals surface area contributed by atoms with Gasteiger partial charge in [-0.1, -0.05) is 25.4 Å². The highest BCUT2D eigenvalue weighted by Gasteiger charge is 2.36. The lowest BCUT2D eigenvalue weighted by Crippen LogP contribution is -2.40. The molecule has 0 atom stereocenters. The minimum atomic E-state index is -0.371. The van der Waals surface area contributed by atoms with E-state index >= 15 is 0 Å². The summed E-state index contributed by atoms with van der Waals surface area (Å²) in [5, 5.41) is 4.03. The summed E-state index contributed by atoms with van der Waals surface area (Å²) >= 11 is 0. The van der Waals surface area contributed by atoms with Gasteiger partial charge in [0.2, 0.25) is 5.89 Å². The fraction of sp³-hybridized carbons (Fsp3) is 0.846. The smallest absolute Gasteiger partial charge is 0.246 e. The first-order valence-electron chi connectivity index (χ1n) is 6.76. The predicted molar refractivity (Wildman–Crippen MR) is 66.4 cm³/mol. The van der Waals surface area contributed by atoms with Gasteiger partial charge < -0.3 is 10.3 Å². The van der Waals surface area contributed by atoms with E-state index in [9.17, 15) is 0 Å². The van der Waals surface area contributed by atoms with Gasteiger partial charge in [0.25, 0.3) is 0 Å². The number of nitrogens with zero attached hydrogens (tertiary/aromatic N) is 2. The van der Waals surface area contributed by atoms with Crippen LogP contribution in [0.25, 0.3) is 0 Å². The largest absolute Gasteiger partial charge is 0.337 e. The molecule has 1 aromatic heterocycles. The average Bonchev–Trinajstić information content (AvgIpc) is 2.80. The summed E-state index contributed by atoms with van der Waals surface area (Å²) < 4.78 is 5.35. The van der Waals surface area contributed by atoms with Crippen molar-refractivity contribution in [3.05, 3.63) is 11.7 Å². The Balaban J connectivity index is 2.03. The highest BCUT2D eigenvalue weighted by atomic mass is 16.5. The molecule has 1 aromatic rings. The zero-order chi connectivity index (χ0) is 12.3. The number of aryl methyl sites for hydroxylation is 1. The van der Waals surface area contributed by atoms with E-state index in [1.54, 1.807) is 0 Å². The van der Waals surface area contributed by atoms with E-state index < -0.39 is 0 Å². The molecule has 0 saturated heterocycles. The number of rotatable bonds is 4. The summed E-state index contributed by atoms with van der Waals surface area (Å²) in [4.78, 5) is 4.47. The molecular weight excluding hydrogens is 214 g/mol. The Kier molecular flexibility index (Phi) is 3.82. The average molecular weight is 237 g/mol. The molecule has 1 aliphatic carbocycles. The maximum Gasteiger partial charge on any atom is 0.246 e. The molecule has 0 radical (unpaired) electrons. The minimum Gasteiger partial charge on any atom is -0.337 e. The first kappa shape index (κ1) is 12.6. The maximum atomic E-state index is 6.39. The molecule has 17 heavy (non-hydrogen) atoms.